The third kappa shape index (κ3) is 3.28. The molecule has 19 heavy (non-hydrogen) atoms. The van der Waals surface area contributed by atoms with Gasteiger partial charge in [-0.2, -0.15) is 0 Å². The van der Waals surface area contributed by atoms with Gasteiger partial charge in [-0.25, -0.2) is 9.13 Å². The van der Waals surface area contributed by atoms with Crippen LogP contribution in [0.3, 0.4) is 0 Å². The molecule has 5 heteroatoms. The Hall–Kier alpha value is -0.200. The fourth-order valence-electron chi connectivity index (χ4n) is 2.40. The summed E-state index contributed by atoms with van der Waals surface area (Å²) in [5.74, 6) is 2.45. The highest BCUT2D eigenvalue weighted by Gasteiger charge is 2.25. The van der Waals surface area contributed by atoms with Crippen molar-refractivity contribution in [3.05, 3.63) is 46.9 Å². The fraction of sp³-hybridized carbons (Fsp3) is 0.357. The van der Waals surface area contributed by atoms with Crippen LogP contribution in [0, 0.1) is 0 Å². The number of benzene rings is 1. The minimum absolute atomic E-state index is 0. The number of imidazole rings is 1. The molecule has 0 N–H and O–H groups in total. The molecule has 0 unspecified atom stereocenters. The third-order valence-electron chi connectivity index (χ3n) is 3.41. The van der Waals surface area contributed by atoms with Crippen molar-refractivity contribution in [2.45, 2.75) is 30.2 Å². The van der Waals surface area contributed by atoms with Crippen molar-refractivity contribution in [2.24, 2.45) is 7.05 Å². The molecule has 2 nitrogen and oxygen atoms in total. The van der Waals surface area contributed by atoms with E-state index in [2.05, 4.69) is 34.5 Å². The van der Waals surface area contributed by atoms with Gasteiger partial charge in [-0.1, -0.05) is 35.5 Å². The van der Waals surface area contributed by atoms with Gasteiger partial charge in [-0.15, -0.1) is 0 Å². The highest BCUT2D eigenvalue weighted by atomic mass is 127. The van der Waals surface area contributed by atoms with E-state index in [4.69, 9.17) is 11.6 Å². The zero-order chi connectivity index (χ0) is 12.5. The van der Waals surface area contributed by atoms with Gasteiger partial charge in [-0.3, -0.25) is 0 Å². The van der Waals surface area contributed by atoms with Crippen molar-refractivity contribution in [2.75, 3.05) is 0 Å². The number of fused-ring (bicyclic) bond motifs is 1. The van der Waals surface area contributed by atoms with Crippen molar-refractivity contribution in [3.8, 4) is 0 Å². The molecule has 1 aliphatic heterocycles. The Bertz CT molecular complexity index is 566. The van der Waals surface area contributed by atoms with E-state index in [0.29, 0.717) is 0 Å². The third-order valence-corrected chi connectivity index (χ3v) is 4.82. The zero-order valence-electron chi connectivity index (χ0n) is 10.8. The topological polar surface area (TPSA) is 8.81 Å². The van der Waals surface area contributed by atoms with Crippen LogP contribution in [0.4, 0.5) is 0 Å². The standard InChI is InChI=1S/C14H16ClN2S.HI/c1-16-13-3-2-8-17(13)9-14(16)18-10-11-4-6-12(15)7-5-11;/h4-7,9H,2-3,8,10H2,1H3;1H/q+1;/p-1. The maximum atomic E-state index is 5.89. The number of aryl methyl sites for hydroxylation is 1. The Labute approximate surface area is 140 Å². The second kappa shape index (κ2) is 6.50. The molecule has 0 radical (unpaired) electrons. The Morgan fingerprint density at radius 1 is 1.32 bits per heavy atom. The predicted molar refractivity (Wildman–Crippen MR) is 74.9 cm³/mol. The van der Waals surface area contributed by atoms with Crippen LogP contribution in [-0.4, -0.2) is 4.57 Å². The first kappa shape index (κ1) is 15.2. The molecule has 1 aromatic heterocycles. The van der Waals surface area contributed by atoms with Crippen LogP contribution in [0.2, 0.25) is 5.02 Å². The van der Waals surface area contributed by atoms with Gasteiger partial charge in [0.1, 0.15) is 6.20 Å². The number of thioether (sulfide) groups is 1. The summed E-state index contributed by atoms with van der Waals surface area (Å²) in [6, 6.07) is 8.10. The van der Waals surface area contributed by atoms with Gasteiger partial charge < -0.3 is 24.0 Å². The summed E-state index contributed by atoms with van der Waals surface area (Å²) in [6.07, 6.45) is 4.77. The van der Waals surface area contributed by atoms with E-state index in [1.165, 1.54) is 35.8 Å². The van der Waals surface area contributed by atoms with Crippen molar-refractivity contribution in [1.82, 2.24) is 4.57 Å². The molecule has 0 bridgehead atoms. The summed E-state index contributed by atoms with van der Waals surface area (Å²) in [7, 11) is 2.17. The molecule has 1 aromatic carbocycles. The van der Waals surface area contributed by atoms with Crippen molar-refractivity contribution in [3.63, 3.8) is 0 Å². The number of aromatic nitrogens is 2. The quantitative estimate of drug-likeness (QED) is 0.402. The van der Waals surface area contributed by atoms with Gasteiger partial charge in [0.15, 0.2) is 0 Å². The van der Waals surface area contributed by atoms with Crippen LogP contribution >= 0.6 is 23.4 Å². The average Bonchev–Trinajstić information content (AvgIpc) is 2.93. The first-order chi connectivity index (χ1) is 8.74. The minimum Gasteiger partial charge on any atom is -1.00 e. The summed E-state index contributed by atoms with van der Waals surface area (Å²) in [4.78, 5) is 0. The lowest BCUT2D eigenvalue weighted by molar-refractivity contribution is -0.691. The smallest absolute Gasteiger partial charge is 0.257 e. The van der Waals surface area contributed by atoms with Gasteiger partial charge in [-0.05, 0) is 24.1 Å². The van der Waals surface area contributed by atoms with Crippen LogP contribution in [-0.2, 0) is 25.8 Å². The maximum absolute atomic E-state index is 5.89. The van der Waals surface area contributed by atoms with Crippen molar-refractivity contribution in [1.29, 1.82) is 0 Å². The molecule has 0 saturated carbocycles. The first-order valence-corrected chi connectivity index (χ1v) is 7.55. The van der Waals surface area contributed by atoms with Crippen LogP contribution in [0.5, 0.6) is 0 Å². The summed E-state index contributed by atoms with van der Waals surface area (Å²) >= 11 is 7.78. The molecule has 0 saturated heterocycles. The van der Waals surface area contributed by atoms with Crippen LogP contribution < -0.4 is 28.5 Å². The van der Waals surface area contributed by atoms with Crippen LogP contribution in [0.25, 0.3) is 0 Å². The van der Waals surface area contributed by atoms with Gasteiger partial charge in [0.05, 0.1) is 20.0 Å². The van der Waals surface area contributed by atoms with E-state index < -0.39 is 0 Å². The van der Waals surface area contributed by atoms with Gasteiger partial charge in [0.2, 0.25) is 5.03 Å². The maximum Gasteiger partial charge on any atom is 0.257 e. The van der Waals surface area contributed by atoms with Crippen LogP contribution in [0.1, 0.15) is 17.8 Å². The molecule has 0 fully saturated rings. The molecule has 0 spiro atoms. The zero-order valence-corrected chi connectivity index (χ0v) is 14.5. The SMILES string of the molecule is Cn1c(SCc2ccc(Cl)cc2)c[n+]2c1CCC2.[I-]. The van der Waals surface area contributed by atoms with Gasteiger partial charge >= 0.3 is 0 Å². The lowest BCUT2D eigenvalue weighted by atomic mass is 10.2. The van der Waals surface area contributed by atoms with E-state index in [9.17, 15) is 0 Å². The number of halogens is 2. The minimum atomic E-state index is 0. The Kier molecular flexibility index (Phi) is 5.20. The number of rotatable bonds is 3. The molecular formula is C14H16ClIN2S. The highest BCUT2D eigenvalue weighted by Crippen LogP contribution is 2.24. The Morgan fingerprint density at radius 3 is 2.74 bits per heavy atom. The molecule has 2 heterocycles. The Balaban J connectivity index is 0.00000133. The predicted octanol–water partition coefficient (Wildman–Crippen LogP) is 0.208. The molecule has 3 rings (SSSR count). The average molecular weight is 407 g/mol. The van der Waals surface area contributed by atoms with Crippen molar-refractivity contribution < 1.29 is 28.5 Å². The summed E-state index contributed by atoms with van der Waals surface area (Å²) in [5, 5.41) is 2.15. The van der Waals surface area contributed by atoms with E-state index in [1.807, 2.05) is 23.9 Å². The van der Waals surface area contributed by atoms with Crippen molar-refractivity contribution >= 4 is 23.4 Å². The fourth-order valence-corrected chi connectivity index (χ4v) is 3.53. The van der Waals surface area contributed by atoms with E-state index >= 15 is 0 Å². The van der Waals surface area contributed by atoms with E-state index in [-0.39, 0.29) is 24.0 Å². The number of hydrogen-bond donors (Lipinski definition) is 0. The van der Waals surface area contributed by atoms with E-state index in [0.717, 1.165) is 10.8 Å². The molecule has 0 aliphatic carbocycles. The molecular weight excluding hydrogens is 391 g/mol. The number of nitrogens with zero attached hydrogens (tertiary/aromatic N) is 2. The molecule has 2 aromatic rings. The summed E-state index contributed by atoms with van der Waals surface area (Å²) in [5.41, 5.74) is 1.32. The molecule has 1 aliphatic rings. The Morgan fingerprint density at radius 2 is 2.05 bits per heavy atom. The molecule has 0 atom stereocenters. The summed E-state index contributed by atoms with van der Waals surface area (Å²) < 4.78 is 4.71. The highest BCUT2D eigenvalue weighted by molar-refractivity contribution is 7.98. The monoisotopic (exact) mass is 406 g/mol. The largest absolute Gasteiger partial charge is 1.00 e. The van der Waals surface area contributed by atoms with Crippen LogP contribution in [0.15, 0.2) is 35.5 Å². The summed E-state index contributed by atoms with van der Waals surface area (Å²) in [6.45, 7) is 1.17. The molecule has 0 amide bonds. The lowest BCUT2D eigenvalue weighted by Gasteiger charge is -2.00. The van der Waals surface area contributed by atoms with E-state index in [1.54, 1.807) is 0 Å². The lowest BCUT2D eigenvalue weighted by Crippen LogP contribution is -3.00. The van der Waals surface area contributed by atoms with Gasteiger partial charge in [0, 0.05) is 10.8 Å². The molecule has 102 valence electrons. The number of hydrogen-bond acceptors (Lipinski definition) is 1. The second-order valence-electron chi connectivity index (χ2n) is 4.65. The second-order valence-corrected chi connectivity index (χ2v) is 6.09. The normalized spacial score (nSPS) is 13.2. The first-order valence-electron chi connectivity index (χ1n) is 6.19. The van der Waals surface area contributed by atoms with Gasteiger partial charge in [0.25, 0.3) is 5.82 Å².